The topological polar surface area (TPSA) is 104 Å². The fourth-order valence-corrected chi connectivity index (χ4v) is 2.38. The number of fused-ring (bicyclic) bond motifs is 1. The summed E-state index contributed by atoms with van der Waals surface area (Å²) in [5, 5.41) is 11.0. The first-order chi connectivity index (χ1) is 11.3. The van der Waals surface area contributed by atoms with Gasteiger partial charge >= 0.3 is 5.82 Å². The molecule has 0 N–H and O–H groups in total. The summed E-state index contributed by atoms with van der Waals surface area (Å²) < 4.78 is 16.6. The number of rotatable bonds is 7. The highest BCUT2D eigenvalue weighted by molar-refractivity contribution is 6.01. The number of ether oxygens (including phenoxy) is 3. The molecule has 0 aromatic carbocycles. The van der Waals surface area contributed by atoms with Crippen LogP contribution in [0.3, 0.4) is 0 Å². The molecule has 0 radical (unpaired) electrons. The molecular weight excluding hydrogens is 318 g/mol. The maximum absolute atomic E-state index is 12.7. The molecule has 9 heteroatoms. The smallest absolute Gasteiger partial charge is 0.366 e. The van der Waals surface area contributed by atoms with Gasteiger partial charge in [0, 0.05) is 19.3 Å². The average Bonchev–Trinajstić information content (AvgIpc) is 2.51. The zero-order valence-corrected chi connectivity index (χ0v) is 14.1. The van der Waals surface area contributed by atoms with Crippen molar-refractivity contribution in [2.75, 3.05) is 24.7 Å². The van der Waals surface area contributed by atoms with E-state index >= 15 is 0 Å². The van der Waals surface area contributed by atoms with Gasteiger partial charge in [0.25, 0.3) is 11.7 Å². The Morgan fingerprint density at radius 2 is 1.96 bits per heavy atom. The molecule has 0 saturated heterocycles. The molecular formula is C15H21N3O6. The molecule has 9 nitrogen and oxygen atoms in total. The highest BCUT2D eigenvalue weighted by Crippen LogP contribution is 2.37. The predicted molar refractivity (Wildman–Crippen MR) is 85.0 cm³/mol. The van der Waals surface area contributed by atoms with Crippen molar-refractivity contribution in [3.8, 4) is 5.75 Å². The van der Waals surface area contributed by atoms with Gasteiger partial charge in [-0.3, -0.25) is 9.69 Å². The van der Waals surface area contributed by atoms with Crippen LogP contribution in [-0.4, -0.2) is 47.5 Å². The zero-order valence-electron chi connectivity index (χ0n) is 14.1. The van der Waals surface area contributed by atoms with Crippen molar-refractivity contribution in [3.63, 3.8) is 0 Å². The number of nitro groups is 1. The number of pyridine rings is 1. The van der Waals surface area contributed by atoms with E-state index in [4.69, 9.17) is 14.2 Å². The Morgan fingerprint density at radius 3 is 2.50 bits per heavy atom. The Labute approximate surface area is 139 Å². The van der Waals surface area contributed by atoms with E-state index in [2.05, 4.69) is 4.98 Å². The monoisotopic (exact) mass is 339 g/mol. The molecule has 0 atom stereocenters. The third-order valence-corrected chi connectivity index (χ3v) is 3.43. The van der Waals surface area contributed by atoms with Gasteiger partial charge in [0.05, 0.1) is 6.54 Å². The fourth-order valence-electron chi connectivity index (χ4n) is 2.38. The van der Waals surface area contributed by atoms with Crippen molar-refractivity contribution >= 4 is 17.5 Å². The molecule has 2 heterocycles. The van der Waals surface area contributed by atoms with Gasteiger partial charge in [0.15, 0.2) is 17.6 Å². The van der Waals surface area contributed by atoms with Crippen molar-refractivity contribution in [1.82, 2.24) is 4.98 Å². The summed E-state index contributed by atoms with van der Waals surface area (Å²) in [6.45, 7) is 7.76. The Morgan fingerprint density at radius 1 is 1.33 bits per heavy atom. The molecule has 132 valence electrons. The first kappa shape index (κ1) is 18.1. The molecule has 0 fully saturated rings. The van der Waals surface area contributed by atoms with E-state index in [0.29, 0.717) is 19.0 Å². The van der Waals surface area contributed by atoms with Gasteiger partial charge in [-0.05, 0) is 43.7 Å². The number of hydrogen-bond acceptors (Lipinski definition) is 7. The van der Waals surface area contributed by atoms with Gasteiger partial charge in [-0.2, -0.15) is 0 Å². The summed E-state index contributed by atoms with van der Waals surface area (Å²) in [6.07, 6.45) is -0.660. The van der Waals surface area contributed by atoms with Crippen LogP contribution in [0.25, 0.3) is 0 Å². The molecule has 1 aromatic heterocycles. The minimum absolute atomic E-state index is 0.0640. The summed E-state index contributed by atoms with van der Waals surface area (Å²) in [4.78, 5) is 28.3. The highest BCUT2D eigenvalue weighted by atomic mass is 16.7. The number of hydrogen-bond donors (Lipinski definition) is 0. The molecule has 1 aliphatic heterocycles. The van der Waals surface area contributed by atoms with Gasteiger partial charge in [-0.25, -0.2) is 0 Å². The summed E-state index contributed by atoms with van der Waals surface area (Å²) in [7, 11) is 0. The number of anilines is 1. The lowest BCUT2D eigenvalue weighted by Gasteiger charge is -2.37. The Balaban J connectivity index is 2.42. The lowest BCUT2D eigenvalue weighted by molar-refractivity contribution is -0.389. The molecule has 1 aromatic rings. The minimum atomic E-state index is -1.12. The van der Waals surface area contributed by atoms with E-state index in [1.165, 1.54) is 17.0 Å². The number of nitrogens with zero attached hydrogens (tertiary/aromatic N) is 3. The van der Waals surface area contributed by atoms with Crippen LogP contribution >= 0.6 is 0 Å². The molecule has 0 aliphatic carbocycles. The van der Waals surface area contributed by atoms with Crippen LogP contribution in [0.4, 0.5) is 11.6 Å². The highest BCUT2D eigenvalue weighted by Gasteiger charge is 2.45. The molecule has 1 aliphatic rings. The normalized spacial score (nSPS) is 16.0. The van der Waals surface area contributed by atoms with Crippen molar-refractivity contribution in [2.45, 2.75) is 39.6 Å². The van der Waals surface area contributed by atoms with Crippen LogP contribution in [-0.2, 0) is 14.3 Å². The van der Waals surface area contributed by atoms with Gasteiger partial charge in [-0.1, -0.05) is 0 Å². The van der Waals surface area contributed by atoms with E-state index in [-0.39, 0.29) is 24.1 Å². The van der Waals surface area contributed by atoms with Crippen LogP contribution in [0.5, 0.6) is 5.75 Å². The molecule has 0 bridgehead atoms. The van der Waals surface area contributed by atoms with Crippen LogP contribution in [0.1, 0.15) is 27.7 Å². The van der Waals surface area contributed by atoms with Gasteiger partial charge in [0.1, 0.15) is 0 Å². The van der Waals surface area contributed by atoms with Gasteiger partial charge in [0.2, 0.25) is 0 Å². The van der Waals surface area contributed by atoms with Gasteiger partial charge in [-0.15, -0.1) is 0 Å². The SMILES string of the molecule is CCOC(CN1C(=O)C(C)(C)Oc2ccc([N+](=O)[O-])nc21)OCC. The maximum Gasteiger partial charge on any atom is 0.366 e. The first-order valence-corrected chi connectivity index (χ1v) is 7.69. The average molecular weight is 339 g/mol. The van der Waals surface area contributed by atoms with Crippen molar-refractivity contribution in [2.24, 2.45) is 0 Å². The lowest BCUT2D eigenvalue weighted by Crippen LogP contribution is -2.55. The van der Waals surface area contributed by atoms with Crippen LogP contribution in [0.2, 0.25) is 0 Å². The van der Waals surface area contributed by atoms with E-state index < -0.39 is 16.8 Å². The Hall–Kier alpha value is -2.26. The first-order valence-electron chi connectivity index (χ1n) is 7.69. The van der Waals surface area contributed by atoms with Crippen LogP contribution in [0, 0.1) is 10.1 Å². The Kier molecular flexibility index (Phi) is 5.35. The fraction of sp³-hybridized carbons (Fsp3) is 0.600. The molecule has 0 unspecified atom stereocenters. The second-order valence-corrected chi connectivity index (χ2v) is 5.62. The van der Waals surface area contributed by atoms with E-state index in [1.807, 2.05) is 13.8 Å². The number of carbonyl (C=O) groups excluding carboxylic acids is 1. The summed E-state index contributed by atoms with van der Waals surface area (Å²) in [5.74, 6) is -0.332. The third kappa shape index (κ3) is 3.62. The largest absolute Gasteiger partial charge is 0.472 e. The molecule has 2 rings (SSSR count). The number of aromatic nitrogens is 1. The number of carbonyl (C=O) groups is 1. The summed E-state index contributed by atoms with van der Waals surface area (Å²) >= 11 is 0. The van der Waals surface area contributed by atoms with Crippen LogP contribution in [0.15, 0.2) is 12.1 Å². The van der Waals surface area contributed by atoms with Crippen molar-refractivity contribution in [3.05, 3.63) is 22.2 Å². The second kappa shape index (κ2) is 7.10. The van der Waals surface area contributed by atoms with Crippen molar-refractivity contribution in [1.29, 1.82) is 0 Å². The summed E-state index contributed by atoms with van der Waals surface area (Å²) in [6, 6.07) is 2.68. The number of amides is 1. The maximum atomic E-state index is 12.7. The minimum Gasteiger partial charge on any atom is -0.472 e. The third-order valence-electron chi connectivity index (χ3n) is 3.43. The molecule has 0 spiro atoms. The molecule has 24 heavy (non-hydrogen) atoms. The quantitative estimate of drug-likeness (QED) is 0.424. The second-order valence-electron chi connectivity index (χ2n) is 5.62. The van der Waals surface area contributed by atoms with E-state index in [9.17, 15) is 14.9 Å². The lowest BCUT2D eigenvalue weighted by atomic mass is 10.1. The molecule has 1 amide bonds. The zero-order chi connectivity index (χ0) is 17.9. The van der Waals surface area contributed by atoms with E-state index in [0.717, 1.165) is 0 Å². The summed E-state index contributed by atoms with van der Waals surface area (Å²) in [5.41, 5.74) is -1.12. The van der Waals surface area contributed by atoms with Crippen molar-refractivity contribution < 1.29 is 23.9 Å². The predicted octanol–water partition coefficient (Wildman–Crippen LogP) is 1.89. The molecule has 0 saturated carbocycles. The van der Waals surface area contributed by atoms with Gasteiger partial charge < -0.3 is 24.3 Å². The van der Waals surface area contributed by atoms with Crippen LogP contribution < -0.4 is 9.64 Å². The Bertz CT molecular complexity index is 628. The van der Waals surface area contributed by atoms with E-state index in [1.54, 1.807) is 13.8 Å². The standard InChI is InChI=1S/C15H21N3O6/c1-5-22-12(23-6-2)9-17-13-10(24-15(3,4)14(17)19)7-8-11(16-13)18(20)21/h7-8,12H,5-6,9H2,1-4H3.